The van der Waals surface area contributed by atoms with E-state index in [4.69, 9.17) is 23.2 Å². The van der Waals surface area contributed by atoms with Gasteiger partial charge in [-0.15, -0.1) is 11.6 Å². The Morgan fingerprint density at radius 3 is 2.45 bits per heavy atom. The molecule has 1 atom stereocenters. The lowest BCUT2D eigenvalue weighted by Crippen LogP contribution is -2.16. The Morgan fingerprint density at radius 2 is 1.85 bits per heavy atom. The fraction of sp³-hybridized carbons (Fsp3) is 0.467. The summed E-state index contributed by atoms with van der Waals surface area (Å²) < 4.78 is 1.96. The third-order valence-corrected chi connectivity index (χ3v) is 3.95. The van der Waals surface area contributed by atoms with E-state index in [9.17, 15) is 0 Å². The molecule has 1 heterocycles. The normalized spacial score (nSPS) is 12.8. The summed E-state index contributed by atoms with van der Waals surface area (Å²) in [6.45, 7) is 4.21. The van der Waals surface area contributed by atoms with E-state index >= 15 is 0 Å². The summed E-state index contributed by atoms with van der Waals surface area (Å²) in [6.07, 6.45) is 3.37. The Hall–Kier alpha value is -1.06. The molecule has 0 spiro atoms. The van der Waals surface area contributed by atoms with E-state index < -0.39 is 0 Å². The summed E-state index contributed by atoms with van der Waals surface area (Å²) in [4.78, 5) is 4.35. The number of aromatic nitrogens is 3. The minimum absolute atomic E-state index is 0.319. The van der Waals surface area contributed by atoms with Crippen molar-refractivity contribution >= 4 is 23.2 Å². The van der Waals surface area contributed by atoms with Crippen molar-refractivity contribution in [3.8, 4) is 0 Å². The summed E-state index contributed by atoms with van der Waals surface area (Å²) in [5.41, 5.74) is 1.25. The van der Waals surface area contributed by atoms with Crippen LogP contribution in [0.2, 0.25) is 5.02 Å². The van der Waals surface area contributed by atoms with Crippen LogP contribution in [0.4, 0.5) is 0 Å². The number of rotatable bonds is 6. The molecule has 0 saturated heterocycles. The van der Waals surface area contributed by atoms with Gasteiger partial charge >= 0.3 is 0 Å². The van der Waals surface area contributed by atoms with Gasteiger partial charge in [-0.05, 0) is 43.9 Å². The van der Waals surface area contributed by atoms with Gasteiger partial charge in [-0.2, -0.15) is 5.10 Å². The van der Waals surface area contributed by atoms with Crippen molar-refractivity contribution in [3.05, 3.63) is 47.0 Å². The molecule has 2 aromatic rings. The maximum Gasteiger partial charge on any atom is 0.138 e. The Balaban J connectivity index is 2.05. The highest BCUT2D eigenvalue weighted by Crippen LogP contribution is 2.18. The van der Waals surface area contributed by atoms with Crippen LogP contribution >= 0.6 is 23.2 Å². The molecular formula is C15H19Cl2N3. The van der Waals surface area contributed by atoms with E-state index in [2.05, 4.69) is 36.1 Å². The van der Waals surface area contributed by atoms with Gasteiger partial charge in [0.25, 0.3) is 0 Å². The highest BCUT2D eigenvalue weighted by Gasteiger charge is 2.15. The largest absolute Gasteiger partial charge is 0.248 e. The second-order valence-electron chi connectivity index (χ2n) is 5.27. The van der Waals surface area contributed by atoms with E-state index in [1.54, 1.807) is 6.33 Å². The maximum atomic E-state index is 6.11. The predicted octanol–water partition coefficient (Wildman–Crippen LogP) is 4.15. The topological polar surface area (TPSA) is 30.7 Å². The van der Waals surface area contributed by atoms with Crippen LogP contribution in [0.25, 0.3) is 0 Å². The lowest BCUT2D eigenvalue weighted by molar-refractivity contribution is 0.472. The molecule has 0 aliphatic heterocycles. The van der Waals surface area contributed by atoms with Gasteiger partial charge in [-0.1, -0.05) is 23.7 Å². The van der Waals surface area contributed by atoms with Gasteiger partial charge in [0.2, 0.25) is 0 Å². The first-order valence-corrected chi connectivity index (χ1v) is 7.70. The van der Waals surface area contributed by atoms with Crippen molar-refractivity contribution in [1.82, 2.24) is 14.8 Å². The summed E-state index contributed by atoms with van der Waals surface area (Å²) in [7, 11) is 0. The van der Waals surface area contributed by atoms with E-state index in [1.165, 1.54) is 5.56 Å². The van der Waals surface area contributed by atoms with Crippen molar-refractivity contribution < 1.29 is 0 Å². The third kappa shape index (κ3) is 3.97. The van der Waals surface area contributed by atoms with Crippen molar-refractivity contribution in [1.29, 1.82) is 0 Å². The van der Waals surface area contributed by atoms with Crippen LogP contribution in [0.3, 0.4) is 0 Å². The first-order chi connectivity index (χ1) is 9.60. The monoisotopic (exact) mass is 311 g/mol. The van der Waals surface area contributed by atoms with Gasteiger partial charge in [0.15, 0.2) is 0 Å². The van der Waals surface area contributed by atoms with Crippen molar-refractivity contribution in [2.24, 2.45) is 5.92 Å². The fourth-order valence-corrected chi connectivity index (χ4v) is 2.59. The molecule has 108 valence electrons. The van der Waals surface area contributed by atoms with E-state index in [0.29, 0.717) is 17.8 Å². The van der Waals surface area contributed by atoms with E-state index in [-0.39, 0.29) is 0 Å². The number of hydrogen-bond acceptors (Lipinski definition) is 2. The van der Waals surface area contributed by atoms with Crippen molar-refractivity contribution in [3.63, 3.8) is 0 Å². The second-order valence-corrected chi connectivity index (χ2v) is 6.01. The summed E-state index contributed by atoms with van der Waals surface area (Å²) in [5.74, 6) is 1.95. The molecule has 0 aliphatic rings. The molecule has 0 fully saturated rings. The van der Waals surface area contributed by atoms with Gasteiger partial charge in [-0.25, -0.2) is 9.67 Å². The summed E-state index contributed by atoms with van der Waals surface area (Å²) in [6, 6.07) is 8.25. The van der Waals surface area contributed by atoms with Crippen LogP contribution in [0.1, 0.15) is 31.3 Å². The second kappa shape index (κ2) is 7.09. The van der Waals surface area contributed by atoms with Crippen LogP contribution in [-0.2, 0) is 12.8 Å². The molecule has 0 N–H and O–H groups in total. The first-order valence-electron chi connectivity index (χ1n) is 6.79. The molecule has 1 aromatic carbocycles. The van der Waals surface area contributed by atoms with Crippen LogP contribution < -0.4 is 0 Å². The molecule has 1 aromatic heterocycles. The van der Waals surface area contributed by atoms with Gasteiger partial charge in [0.1, 0.15) is 12.2 Å². The fourth-order valence-electron chi connectivity index (χ4n) is 2.24. The Kier molecular flexibility index (Phi) is 5.44. The molecule has 1 unspecified atom stereocenters. The summed E-state index contributed by atoms with van der Waals surface area (Å²) in [5, 5.41) is 5.03. The molecule has 0 radical (unpaired) electrons. The highest BCUT2D eigenvalue weighted by atomic mass is 35.5. The molecule has 0 amide bonds. The number of benzene rings is 1. The van der Waals surface area contributed by atoms with Gasteiger partial charge < -0.3 is 0 Å². The summed E-state index contributed by atoms with van der Waals surface area (Å²) >= 11 is 12.0. The maximum absolute atomic E-state index is 6.11. The van der Waals surface area contributed by atoms with Crippen molar-refractivity contribution in [2.45, 2.75) is 32.7 Å². The standard InChI is InChI=1S/C15H19Cl2N3/c1-11(2)20-15(18-10-19-20)8-13(9-16)7-12-3-5-14(17)6-4-12/h3-6,10-11,13H,7-9H2,1-2H3. The molecule has 5 heteroatoms. The Bertz CT molecular complexity index is 534. The minimum atomic E-state index is 0.319. The smallest absolute Gasteiger partial charge is 0.138 e. The molecule has 20 heavy (non-hydrogen) atoms. The van der Waals surface area contributed by atoms with Gasteiger partial charge in [0, 0.05) is 23.4 Å². The number of hydrogen-bond donors (Lipinski definition) is 0. The van der Waals surface area contributed by atoms with Crippen LogP contribution in [-0.4, -0.2) is 20.6 Å². The average Bonchev–Trinajstić information content (AvgIpc) is 2.88. The zero-order chi connectivity index (χ0) is 14.5. The number of alkyl halides is 1. The zero-order valence-electron chi connectivity index (χ0n) is 11.8. The first kappa shape index (κ1) is 15.3. The lowest BCUT2D eigenvalue weighted by Gasteiger charge is -2.15. The predicted molar refractivity (Wildman–Crippen MR) is 83.5 cm³/mol. The minimum Gasteiger partial charge on any atom is -0.248 e. The molecule has 2 rings (SSSR count). The average molecular weight is 312 g/mol. The van der Waals surface area contributed by atoms with Crippen LogP contribution in [0, 0.1) is 5.92 Å². The molecular weight excluding hydrogens is 293 g/mol. The SMILES string of the molecule is CC(C)n1ncnc1CC(CCl)Cc1ccc(Cl)cc1. The molecule has 0 aliphatic carbocycles. The third-order valence-electron chi connectivity index (χ3n) is 3.26. The van der Waals surface area contributed by atoms with Crippen LogP contribution in [0.15, 0.2) is 30.6 Å². The number of nitrogens with zero attached hydrogens (tertiary/aromatic N) is 3. The molecule has 3 nitrogen and oxygen atoms in total. The van der Waals surface area contributed by atoms with Gasteiger partial charge in [0.05, 0.1) is 0 Å². The quantitative estimate of drug-likeness (QED) is 0.750. The number of halogens is 2. The highest BCUT2D eigenvalue weighted by molar-refractivity contribution is 6.30. The van der Waals surface area contributed by atoms with E-state index in [1.807, 2.05) is 16.8 Å². The van der Waals surface area contributed by atoms with Crippen molar-refractivity contribution in [2.75, 3.05) is 5.88 Å². The molecule has 0 saturated carbocycles. The van der Waals surface area contributed by atoms with E-state index in [0.717, 1.165) is 23.7 Å². The lowest BCUT2D eigenvalue weighted by atomic mass is 9.97. The Morgan fingerprint density at radius 1 is 1.15 bits per heavy atom. The van der Waals surface area contributed by atoms with Crippen LogP contribution in [0.5, 0.6) is 0 Å². The van der Waals surface area contributed by atoms with Gasteiger partial charge in [-0.3, -0.25) is 0 Å². The zero-order valence-corrected chi connectivity index (χ0v) is 13.3. The molecule has 0 bridgehead atoms. The Labute approximate surface area is 129 Å².